The molecule has 0 aliphatic heterocycles. The number of thioether (sulfide) groups is 1. The SMILES string of the molecule is CCSc1nnc(Cn2c(=O)sc3ccccc32)n1-c1cccc(Cl)c1. The molecule has 0 spiro atoms. The highest BCUT2D eigenvalue weighted by Gasteiger charge is 2.17. The summed E-state index contributed by atoms with van der Waals surface area (Å²) in [4.78, 5) is 12.5. The molecule has 8 heteroatoms. The molecule has 0 N–H and O–H groups in total. The summed E-state index contributed by atoms with van der Waals surface area (Å²) >= 11 is 9.02. The van der Waals surface area contributed by atoms with Crippen LogP contribution in [0.2, 0.25) is 5.02 Å². The van der Waals surface area contributed by atoms with Gasteiger partial charge in [-0.3, -0.25) is 13.9 Å². The zero-order valence-corrected chi connectivity index (χ0v) is 16.3. The molecule has 0 unspecified atom stereocenters. The van der Waals surface area contributed by atoms with Crippen LogP contribution in [0.4, 0.5) is 0 Å². The van der Waals surface area contributed by atoms with Crippen LogP contribution in [0.15, 0.2) is 58.5 Å². The van der Waals surface area contributed by atoms with Crippen molar-refractivity contribution in [3.05, 3.63) is 69.0 Å². The van der Waals surface area contributed by atoms with Gasteiger partial charge >= 0.3 is 4.87 Å². The van der Waals surface area contributed by atoms with Crippen molar-refractivity contribution in [1.82, 2.24) is 19.3 Å². The van der Waals surface area contributed by atoms with E-state index in [0.717, 1.165) is 26.8 Å². The molecule has 0 amide bonds. The van der Waals surface area contributed by atoms with Crippen LogP contribution < -0.4 is 4.87 Å². The van der Waals surface area contributed by atoms with Crippen molar-refractivity contribution < 1.29 is 0 Å². The topological polar surface area (TPSA) is 52.7 Å². The van der Waals surface area contributed by atoms with E-state index in [1.54, 1.807) is 16.3 Å². The van der Waals surface area contributed by atoms with Gasteiger partial charge in [0.15, 0.2) is 11.0 Å². The minimum Gasteiger partial charge on any atom is -0.291 e. The maximum Gasteiger partial charge on any atom is 0.308 e. The number of fused-ring (bicyclic) bond motifs is 1. The lowest BCUT2D eigenvalue weighted by molar-refractivity contribution is 0.726. The van der Waals surface area contributed by atoms with Crippen LogP contribution in [-0.4, -0.2) is 25.1 Å². The van der Waals surface area contributed by atoms with Crippen molar-refractivity contribution >= 4 is 44.9 Å². The van der Waals surface area contributed by atoms with Crippen LogP contribution >= 0.6 is 34.7 Å². The van der Waals surface area contributed by atoms with E-state index >= 15 is 0 Å². The molecule has 0 radical (unpaired) electrons. The minimum absolute atomic E-state index is 0.00320. The van der Waals surface area contributed by atoms with Gasteiger partial charge in [0.1, 0.15) is 0 Å². The van der Waals surface area contributed by atoms with E-state index in [-0.39, 0.29) is 4.87 Å². The molecule has 2 heterocycles. The molecule has 0 saturated carbocycles. The molecule has 0 saturated heterocycles. The largest absolute Gasteiger partial charge is 0.308 e. The summed E-state index contributed by atoms with van der Waals surface area (Å²) in [6.45, 7) is 2.42. The van der Waals surface area contributed by atoms with Crippen molar-refractivity contribution in [2.24, 2.45) is 0 Å². The quantitative estimate of drug-likeness (QED) is 0.462. The van der Waals surface area contributed by atoms with Gasteiger partial charge in [-0.15, -0.1) is 10.2 Å². The molecule has 2 aromatic heterocycles. The Morgan fingerprint density at radius 1 is 1.15 bits per heavy atom. The Balaban J connectivity index is 1.84. The third-order valence-corrected chi connectivity index (χ3v) is 5.92. The highest BCUT2D eigenvalue weighted by molar-refractivity contribution is 7.99. The number of rotatable bonds is 5. The maximum atomic E-state index is 12.5. The summed E-state index contributed by atoms with van der Waals surface area (Å²) < 4.78 is 4.68. The molecule has 0 aliphatic carbocycles. The molecular weight excluding hydrogens is 388 g/mol. The maximum absolute atomic E-state index is 12.5. The molecule has 0 bridgehead atoms. The molecule has 4 aromatic rings. The van der Waals surface area contributed by atoms with E-state index in [9.17, 15) is 4.79 Å². The number of nitrogens with zero attached hydrogens (tertiary/aromatic N) is 4. The van der Waals surface area contributed by atoms with Gasteiger partial charge in [0, 0.05) is 5.02 Å². The van der Waals surface area contributed by atoms with E-state index in [1.165, 1.54) is 11.3 Å². The second kappa shape index (κ2) is 7.26. The summed E-state index contributed by atoms with van der Waals surface area (Å²) in [6.07, 6.45) is 0. The zero-order valence-electron chi connectivity index (χ0n) is 13.9. The monoisotopic (exact) mass is 402 g/mol. The third kappa shape index (κ3) is 3.18. The van der Waals surface area contributed by atoms with Gasteiger partial charge in [-0.25, -0.2) is 0 Å². The lowest BCUT2D eigenvalue weighted by Gasteiger charge is -2.11. The molecule has 0 fully saturated rings. The van der Waals surface area contributed by atoms with Gasteiger partial charge in [0.2, 0.25) is 0 Å². The number of hydrogen-bond acceptors (Lipinski definition) is 5. The summed E-state index contributed by atoms with van der Waals surface area (Å²) in [5.41, 5.74) is 1.80. The smallest absolute Gasteiger partial charge is 0.291 e. The summed E-state index contributed by atoms with van der Waals surface area (Å²) in [5.74, 6) is 1.58. The van der Waals surface area contributed by atoms with Gasteiger partial charge in [-0.05, 0) is 36.1 Å². The number of hydrogen-bond donors (Lipinski definition) is 0. The summed E-state index contributed by atoms with van der Waals surface area (Å²) in [5, 5.41) is 10.1. The van der Waals surface area contributed by atoms with E-state index in [4.69, 9.17) is 11.6 Å². The third-order valence-electron chi connectivity index (χ3n) is 3.91. The standard InChI is InChI=1S/C18H15ClN4OS2/c1-2-25-17-21-20-16(23(17)13-7-5-6-12(19)10-13)11-22-14-8-3-4-9-15(14)26-18(22)24/h3-10H,2,11H2,1H3. The average Bonchev–Trinajstić information content (AvgIpc) is 3.17. The fraction of sp³-hybridized carbons (Fsp3) is 0.167. The average molecular weight is 403 g/mol. The highest BCUT2D eigenvalue weighted by atomic mass is 35.5. The van der Waals surface area contributed by atoms with Gasteiger partial charge in [0.25, 0.3) is 0 Å². The van der Waals surface area contributed by atoms with Gasteiger partial charge < -0.3 is 0 Å². The van der Waals surface area contributed by atoms with E-state index in [2.05, 4.69) is 17.1 Å². The van der Waals surface area contributed by atoms with Crippen molar-refractivity contribution in [2.75, 3.05) is 5.75 Å². The summed E-state index contributed by atoms with van der Waals surface area (Å²) in [6, 6.07) is 15.4. The van der Waals surface area contributed by atoms with Crippen LogP contribution in [0.25, 0.3) is 15.9 Å². The van der Waals surface area contributed by atoms with Crippen LogP contribution in [0.3, 0.4) is 0 Å². The van der Waals surface area contributed by atoms with Crippen molar-refractivity contribution in [2.45, 2.75) is 18.6 Å². The Bertz CT molecular complexity index is 1130. The lowest BCUT2D eigenvalue weighted by atomic mass is 10.3. The molecular formula is C18H15ClN4OS2. The summed E-state index contributed by atoms with van der Waals surface area (Å²) in [7, 11) is 0. The van der Waals surface area contributed by atoms with Gasteiger partial charge in [-0.1, -0.05) is 59.8 Å². The predicted molar refractivity (Wildman–Crippen MR) is 108 cm³/mol. The first kappa shape index (κ1) is 17.3. The van der Waals surface area contributed by atoms with Crippen molar-refractivity contribution in [3.8, 4) is 5.69 Å². The number of thiazole rings is 1. The number of benzene rings is 2. The first-order valence-electron chi connectivity index (χ1n) is 8.09. The Morgan fingerprint density at radius 3 is 2.81 bits per heavy atom. The molecule has 26 heavy (non-hydrogen) atoms. The molecule has 132 valence electrons. The number of halogens is 1. The van der Waals surface area contributed by atoms with Gasteiger partial charge in [-0.2, -0.15) is 0 Å². The molecule has 0 atom stereocenters. The van der Waals surface area contributed by atoms with Crippen molar-refractivity contribution in [1.29, 1.82) is 0 Å². The first-order chi connectivity index (χ1) is 12.7. The molecule has 5 nitrogen and oxygen atoms in total. The van der Waals surface area contributed by atoms with Crippen LogP contribution in [0, 0.1) is 0 Å². The minimum atomic E-state index is -0.00320. The zero-order chi connectivity index (χ0) is 18.1. The lowest BCUT2D eigenvalue weighted by Crippen LogP contribution is -2.16. The fourth-order valence-corrected chi connectivity index (χ4v) is 4.58. The second-order valence-electron chi connectivity index (χ2n) is 5.57. The van der Waals surface area contributed by atoms with Crippen LogP contribution in [-0.2, 0) is 6.54 Å². The second-order valence-corrected chi connectivity index (χ2v) is 8.23. The Hall–Kier alpha value is -2.09. The van der Waals surface area contributed by atoms with Gasteiger partial charge in [0.05, 0.1) is 22.4 Å². The highest BCUT2D eigenvalue weighted by Crippen LogP contribution is 2.25. The van der Waals surface area contributed by atoms with E-state index in [1.807, 2.05) is 53.1 Å². The first-order valence-corrected chi connectivity index (χ1v) is 10.3. The fourth-order valence-electron chi connectivity index (χ4n) is 2.80. The predicted octanol–water partition coefficient (Wildman–Crippen LogP) is 4.46. The number of para-hydroxylation sites is 1. The van der Waals surface area contributed by atoms with E-state index < -0.39 is 0 Å². The Morgan fingerprint density at radius 2 is 2.00 bits per heavy atom. The van der Waals surface area contributed by atoms with Crippen LogP contribution in [0.5, 0.6) is 0 Å². The van der Waals surface area contributed by atoms with Crippen molar-refractivity contribution in [3.63, 3.8) is 0 Å². The molecule has 4 rings (SSSR count). The molecule has 0 aliphatic rings. The Kier molecular flexibility index (Phi) is 4.84. The van der Waals surface area contributed by atoms with Crippen LogP contribution in [0.1, 0.15) is 12.7 Å². The van der Waals surface area contributed by atoms with E-state index in [0.29, 0.717) is 17.4 Å². The normalized spacial score (nSPS) is 11.3. The number of aromatic nitrogens is 4. The molecule has 2 aromatic carbocycles. The Labute approximate surface area is 163 Å².